The van der Waals surface area contributed by atoms with Crippen molar-refractivity contribution in [1.29, 1.82) is 0 Å². The summed E-state index contributed by atoms with van der Waals surface area (Å²) in [6, 6.07) is -0.438. The molecule has 1 fully saturated rings. The lowest BCUT2D eigenvalue weighted by Gasteiger charge is -2.37. The van der Waals surface area contributed by atoms with E-state index in [-0.39, 0.29) is 17.4 Å². The first-order chi connectivity index (χ1) is 8.69. The average Bonchev–Trinajstić information content (AvgIpc) is 2.24. The average molecular weight is 291 g/mol. The maximum atomic E-state index is 12.1. The lowest BCUT2D eigenvalue weighted by atomic mass is 9.73. The summed E-state index contributed by atoms with van der Waals surface area (Å²) in [5.41, 5.74) is 0. The molecule has 110 valence electrons. The molecule has 19 heavy (non-hydrogen) atoms. The van der Waals surface area contributed by atoms with Gasteiger partial charge in [0.1, 0.15) is 0 Å². The molecule has 3 unspecified atom stereocenters. The van der Waals surface area contributed by atoms with E-state index in [9.17, 15) is 18.0 Å². The number of sulfone groups is 1. The van der Waals surface area contributed by atoms with E-state index in [0.717, 1.165) is 0 Å². The van der Waals surface area contributed by atoms with Crippen molar-refractivity contribution in [3.63, 3.8) is 0 Å². The van der Waals surface area contributed by atoms with Crippen molar-refractivity contribution in [3.05, 3.63) is 0 Å². The maximum absolute atomic E-state index is 12.1. The SMILES string of the molecule is CCS(=O)(=O)CC(C)N(C)C(=O)C1CCC1C(=O)O. The number of carbonyl (C=O) groups is 2. The molecule has 0 bridgehead atoms. The highest BCUT2D eigenvalue weighted by molar-refractivity contribution is 7.91. The molecule has 0 aliphatic heterocycles. The van der Waals surface area contributed by atoms with E-state index in [1.807, 2.05) is 0 Å². The molecule has 1 aliphatic rings. The Hall–Kier alpha value is -1.11. The summed E-state index contributed by atoms with van der Waals surface area (Å²) in [5, 5.41) is 8.93. The third kappa shape index (κ3) is 3.68. The second-order valence-electron chi connectivity index (χ2n) is 5.13. The van der Waals surface area contributed by atoms with E-state index in [2.05, 4.69) is 0 Å². The molecule has 1 rings (SSSR count). The zero-order chi connectivity index (χ0) is 14.8. The molecule has 0 aromatic heterocycles. The molecule has 6 nitrogen and oxygen atoms in total. The fourth-order valence-electron chi connectivity index (χ4n) is 2.17. The van der Waals surface area contributed by atoms with Crippen LogP contribution in [0.1, 0.15) is 26.7 Å². The monoisotopic (exact) mass is 291 g/mol. The quantitative estimate of drug-likeness (QED) is 0.764. The summed E-state index contributed by atoms with van der Waals surface area (Å²) in [6.07, 6.45) is 1.08. The Bertz CT molecular complexity index is 459. The highest BCUT2D eigenvalue weighted by Crippen LogP contribution is 2.36. The Labute approximate surface area is 113 Å². The number of nitrogens with zero attached hydrogens (tertiary/aromatic N) is 1. The summed E-state index contributed by atoms with van der Waals surface area (Å²) < 4.78 is 23.1. The summed E-state index contributed by atoms with van der Waals surface area (Å²) in [7, 11) is -1.61. The highest BCUT2D eigenvalue weighted by Gasteiger charge is 2.43. The van der Waals surface area contributed by atoms with Crippen molar-refractivity contribution in [2.75, 3.05) is 18.6 Å². The highest BCUT2D eigenvalue weighted by atomic mass is 32.2. The Morgan fingerprint density at radius 1 is 1.32 bits per heavy atom. The summed E-state index contributed by atoms with van der Waals surface area (Å²) in [4.78, 5) is 24.4. The molecule has 1 aliphatic carbocycles. The number of hydrogen-bond donors (Lipinski definition) is 1. The van der Waals surface area contributed by atoms with Crippen molar-refractivity contribution in [3.8, 4) is 0 Å². The normalized spacial score (nSPS) is 24.4. The Morgan fingerprint density at radius 3 is 2.21 bits per heavy atom. The number of hydrogen-bond acceptors (Lipinski definition) is 4. The van der Waals surface area contributed by atoms with Gasteiger partial charge < -0.3 is 10.0 Å². The summed E-state index contributed by atoms with van der Waals surface area (Å²) in [6.45, 7) is 3.23. The molecule has 0 aromatic rings. The van der Waals surface area contributed by atoms with Crippen molar-refractivity contribution in [1.82, 2.24) is 4.90 Å². The van der Waals surface area contributed by atoms with Crippen LogP contribution in [-0.2, 0) is 19.4 Å². The van der Waals surface area contributed by atoms with Gasteiger partial charge >= 0.3 is 5.97 Å². The summed E-state index contributed by atoms with van der Waals surface area (Å²) in [5.74, 6) is -2.39. The number of carboxylic acid groups (broad SMARTS) is 1. The standard InChI is InChI=1S/C12H21NO5S/c1-4-19(17,18)7-8(2)13(3)11(14)9-5-6-10(9)12(15)16/h8-10H,4-7H2,1-3H3,(H,15,16). The minimum absolute atomic E-state index is 0.0422. The molecule has 1 N–H and O–H groups in total. The molecule has 3 atom stereocenters. The van der Waals surface area contributed by atoms with E-state index in [4.69, 9.17) is 5.11 Å². The van der Waals surface area contributed by atoms with Crippen LogP contribution in [0.25, 0.3) is 0 Å². The first-order valence-electron chi connectivity index (χ1n) is 6.39. The van der Waals surface area contributed by atoms with Crippen LogP contribution in [0.5, 0.6) is 0 Å². The number of carbonyl (C=O) groups excluding carboxylic acids is 1. The van der Waals surface area contributed by atoms with E-state index in [0.29, 0.717) is 12.8 Å². The van der Waals surface area contributed by atoms with Gasteiger partial charge in [-0.3, -0.25) is 9.59 Å². The van der Waals surface area contributed by atoms with E-state index < -0.39 is 33.7 Å². The molecular formula is C12H21NO5S. The van der Waals surface area contributed by atoms with E-state index >= 15 is 0 Å². The fraction of sp³-hybridized carbons (Fsp3) is 0.833. The lowest BCUT2D eigenvalue weighted by Crippen LogP contribution is -2.49. The number of carboxylic acids is 1. The largest absolute Gasteiger partial charge is 0.481 e. The minimum Gasteiger partial charge on any atom is -0.481 e. The van der Waals surface area contributed by atoms with Crippen molar-refractivity contribution < 1.29 is 23.1 Å². The van der Waals surface area contributed by atoms with Crippen LogP contribution in [-0.4, -0.2) is 54.9 Å². The van der Waals surface area contributed by atoms with Crippen LogP contribution in [0.3, 0.4) is 0 Å². The van der Waals surface area contributed by atoms with Crippen molar-refractivity contribution >= 4 is 21.7 Å². The van der Waals surface area contributed by atoms with Gasteiger partial charge in [0.25, 0.3) is 0 Å². The molecular weight excluding hydrogens is 270 g/mol. The van der Waals surface area contributed by atoms with Crippen molar-refractivity contribution in [2.45, 2.75) is 32.7 Å². The third-order valence-corrected chi connectivity index (χ3v) is 5.72. The number of aliphatic carboxylic acids is 1. The number of rotatable bonds is 6. The van der Waals surface area contributed by atoms with Gasteiger partial charge in [-0.05, 0) is 19.8 Å². The predicted octanol–water partition coefficient (Wildman–Crippen LogP) is 0.379. The smallest absolute Gasteiger partial charge is 0.307 e. The Balaban J connectivity index is 2.65. The molecule has 0 heterocycles. The van der Waals surface area contributed by atoms with Crippen LogP contribution in [0.2, 0.25) is 0 Å². The molecule has 0 saturated heterocycles. The molecule has 0 aromatic carbocycles. The van der Waals surface area contributed by atoms with E-state index in [1.165, 1.54) is 11.9 Å². The van der Waals surface area contributed by atoms with Crippen LogP contribution >= 0.6 is 0 Å². The zero-order valence-corrected chi connectivity index (χ0v) is 12.3. The van der Waals surface area contributed by atoms with Gasteiger partial charge in [-0.1, -0.05) is 6.92 Å². The first-order valence-corrected chi connectivity index (χ1v) is 8.21. The zero-order valence-electron chi connectivity index (χ0n) is 11.5. The van der Waals surface area contributed by atoms with Crippen LogP contribution in [0.15, 0.2) is 0 Å². The predicted molar refractivity (Wildman–Crippen MR) is 70.4 cm³/mol. The third-order valence-electron chi connectivity index (χ3n) is 3.85. The van der Waals surface area contributed by atoms with Gasteiger partial charge in [-0.2, -0.15) is 0 Å². The lowest BCUT2D eigenvalue weighted by molar-refractivity contribution is -0.156. The summed E-state index contributed by atoms with van der Waals surface area (Å²) >= 11 is 0. The number of amides is 1. The van der Waals surface area contributed by atoms with Gasteiger partial charge in [0.05, 0.1) is 17.6 Å². The van der Waals surface area contributed by atoms with Gasteiger partial charge in [-0.15, -0.1) is 0 Å². The van der Waals surface area contributed by atoms with Gasteiger partial charge in [-0.25, -0.2) is 8.42 Å². The second-order valence-corrected chi connectivity index (χ2v) is 7.52. The maximum Gasteiger partial charge on any atom is 0.307 e. The van der Waals surface area contributed by atoms with Crippen LogP contribution in [0, 0.1) is 11.8 Å². The van der Waals surface area contributed by atoms with E-state index in [1.54, 1.807) is 13.8 Å². The molecule has 1 amide bonds. The Morgan fingerprint density at radius 2 is 1.84 bits per heavy atom. The second kappa shape index (κ2) is 5.90. The van der Waals surface area contributed by atoms with Gasteiger partial charge in [0, 0.05) is 18.8 Å². The fourth-order valence-corrected chi connectivity index (χ4v) is 3.36. The minimum atomic E-state index is -3.15. The van der Waals surface area contributed by atoms with Crippen LogP contribution in [0.4, 0.5) is 0 Å². The molecule has 7 heteroatoms. The van der Waals surface area contributed by atoms with Gasteiger partial charge in [0.15, 0.2) is 9.84 Å². The van der Waals surface area contributed by atoms with Gasteiger partial charge in [0.2, 0.25) is 5.91 Å². The first kappa shape index (κ1) is 15.9. The molecule has 0 spiro atoms. The van der Waals surface area contributed by atoms with Crippen molar-refractivity contribution in [2.24, 2.45) is 11.8 Å². The Kier molecular flexibility index (Phi) is 4.95. The topological polar surface area (TPSA) is 91.8 Å². The molecule has 1 saturated carbocycles. The van der Waals surface area contributed by atoms with Crippen LogP contribution < -0.4 is 0 Å². The molecule has 0 radical (unpaired) electrons.